The van der Waals surface area contributed by atoms with Gasteiger partial charge in [0.05, 0.1) is 18.2 Å². The number of nitrogens with one attached hydrogen (secondary N) is 2. The molecule has 7 heteroatoms. The monoisotopic (exact) mass is 445 g/mol. The summed E-state index contributed by atoms with van der Waals surface area (Å²) in [5, 5.41) is 6.73. The first kappa shape index (κ1) is 24.9. The van der Waals surface area contributed by atoms with E-state index in [1.54, 1.807) is 4.90 Å². The van der Waals surface area contributed by atoms with E-state index in [1.165, 1.54) is 0 Å². The maximum Gasteiger partial charge on any atom is 0.338 e. The van der Waals surface area contributed by atoms with Gasteiger partial charge in [0, 0.05) is 24.9 Å². The number of amides is 1. The van der Waals surface area contributed by atoms with Gasteiger partial charge in [-0.1, -0.05) is 52.2 Å². The molecule has 0 bridgehead atoms. The Morgan fingerprint density at radius 2 is 1.87 bits per heavy atom. The van der Waals surface area contributed by atoms with Crippen LogP contribution in [-0.4, -0.2) is 35.5 Å². The van der Waals surface area contributed by atoms with Crippen LogP contribution in [0.3, 0.4) is 0 Å². The van der Waals surface area contributed by atoms with E-state index in [-0.39, 0.29) is 17.8 Å². The van der Waals surface area contributed by atoms with Crippen molar-refractivity contribution in [1.82, 2.24) is 10.2 Å². The summed E-state index contributed by atoms with van der Waals surface area (Å²) in [5.41, 5.74) is 2.94. The van der Waals surface area contributed by atoms with E-state index in [0.717, 1.165) is 42.6 Å². The zero-order chi connectivity index (χ0) is 23.0. The van der Waals surface area contributed by atoms with Gasteiger partial charge in [-0.05, 0) is 49.2 Å². The number of anilines is 1. The average Bonchev–Trinajstić information content (AvgIpc) is 2.73. The molecule has 2 rings (SSSR count). The predicted molar refractivity (Wildman–Crippen MR) is 129 cm³/mol. The van der Waals surface area contributed by atoms with Gasteiger partial charge in [0.2, 0.25) is 5.91 Å². The van der Waals surface area contributed by atoms with E-state index in [9.17, 15) is 9.59 Å². The highest BCUT2D eigenvalue weighted by Gasteiger charge is 2.33. The van der Waals surface area contributed by atoms with Crippen LogP contribution in [0, 0.1) is 5.92 Å². The third-order valence-electron chi connectivity index (χ3n) is 5.31. The molecule has 1 aliphatic heterocycles. The molecule has 1 aromatic carbocycles. The maximum absolute atomic E-state index is 12.9. The van der Waals surface area contributed by atoms with Crippen LogP contribution in [0.2, 0.25) is 0 Å². The van der Waals surface area contributed by atoms with Crippen molar-refractivity contribution in [2.75, 3.05) is 19.0 Å². The van der Waals surface area contributed by atoms with E-state index >= 15 is 0 Å². The van der Waals surface area contributed by atoms with E-state index < -0.39 is 6.04 Å². The Balaban J connectivity index is 2.14. The summed E-state index contributed by atoms with van der Waals surface area (Å²) in [6, 6.07) is 7.12. The molecule has 1 amide bonds. The van der Waals surface area contributed by atoms with Crippen LogP contribution in [0.25, 0.3) is 0 Å². The van der Waals surface area contributed by atoms with Gasteiger partial charge in [-0.25, -0.2) is 4.79 Å². The molecule has 1 unspecified atom stereocenters. The maximum atomic E-state index is 12.9. The number of benzene rings is 1. The van der Waals surface area contributed by atoms with Crippen molar-refractivity contribution in [3.05, 3.63) is 41.1 Å². The van der Waals surface area contributed by atoms with Gasteiger partial charge in [0.15, 0.2) is 5.11 Å². The number of hydrogen-bond donors (Lipinski definition) is 2. The topological polar surface area (TPSA) is 70.7 Å². The standard InChI is InChI=1S/C24H35N3O3S/c1-6-7-8-9-10-20(28)25-19-13-11-18(12-14-19)22-21(23(29)30-15-16(2)3)17(4)27(5)24(31)26-22/h11-14,16,22H,6-10,15H2,1-5H3,(H,25,28)(H,26,31). The van der Waals surface area contributed by atoms with Crippen molar-refractivity contribution in [3.63, 3.8) is 0 Å². The Morgan fingerprint density at radius 1 is 1.19 bits per heavy atom. The van der Waals surface area contributed by atoms with Crippen LogP contribution in [0.5, 0.6) is 0 Å². The van der Waals surface area contributed by atoms with Gasteiger partial charge in [-0.3, -0.25) is 4.79 Å². The molecule has 0 saturated carbocycles. The second kappa shape index (κ2) is 11.8. The van der Waals surface area contributed by atoms with Crippen molar-refractivity contribution in [1.29, 1.82) is 0 Å². The lowest BCUT2D eigenvalue weighted by molar-refractivity contribution is -0.140. The van der Waals surface area contributed by atoms with Crippen molar-refractivity contribution in [3.8, 4) is 0 Å². The smallest absolute Gasteiger partial charge is 0.338 e. The highest BCUT2D eigenvalue weighted by atomic mass is 32.1. The fourth-order valence-electron chi connectivity index (χ4n) is 3.36. The number of unbranched alkanes of at least 4 members (excludes halogenated alkanes) is 3. The molecule has 0 spiro atoms. The van der Waals surface area contributed by atoms with E-state index in [4.69, 9.17) is 17.0 Å². The van der Waals surface area contributed by atoms with Crippen molar-refractivity contribution < 1.29 is 14.3 Å². The van der Waals surface area contributed by atoms with Gasteiger partial charge in [0.25, 0.3) is 0 Å². The van der Waals surface area contributed by atoms with E-state index in [0.29, 0.717) is 23.7 Å². The number of carbonyl (C=O) groups excluding carboxylic acids is 2. The molecule has 0 fully saturated rings. The highest BCUT2D eigenvalue weighted by Crippen LogP contribution is 2.31. The number of rotatable bonds is 10. The molecule has 6 nitrogen and oxygen atoms in total. The Labute approximate surface area is 191 Å². The Morgan fingerprint density at radius 3 is 2.48 bits per heavy atom. The van der Waals surface area contributed by atoms with Crippen LogP contribution in [0.1, 0.15) is 71.4 Å². The molecule has 1 aromatic rings. The molecule has 0 saturated heterocycles. The molecule has 0 aliphatic carbocycles. The van der Waals surface area contributed by atoms with Crippen LogP contribution >= 0.6 is 12.2 Å². The molecule has 1 heterocycles. The molecule has 170 valence electrons. The molecule has 31 heavy (non-hydrogen) atoms. The van der Waals surface area contributed by atoms with Crippen LogP contribution in [0.4, 0.5) is 5.69 Å². The van der Waals surface area contributed by atoms with Gasteiger partial charge in [-0.15, -0.1) is 0 Å². The minimum Gasteiger partial charge on any atom is -0.462 e. The summed E-state index contributed by atoms with van der Waals surface area (Å²) >= 11 is 5.44. The summed E-state index contributed by atoms with van der Waals surface area (Å²) in [7, 11) is 1.83. The fourth-order valence-corrected chi connectivity index (χ4v) is 3.62. The lowest BCUT2D eigenvalue weighted by Gasteiger charge is -2.35. The largest absolute Gasteiger partial charge is 0.462 e. The minimum absolute atomic E-state index is 0.0242. The number of carbonyl (C=O) groups is 2. The molecule has 2 N–H and O–H groups in total. The number of esters is 1. The first-order chi connectivity index (χ1) is 14.7. The van der Waals surface area contributed by atoms with Gasteiger partial charge in [0.1, 0.15) is 0 Å². The second-order valence-corrected chi connectivity index (χ2v) is 8.80. The summed E-state index contributed by atoms with van der Waals surface area (Å²) in [5.74, 6) is -0.0674. The van der Waals surface area contributed by atoms with Crippen molar-refractivity contribution in [2.24, 2.45) is 5.92 Å². The van der Waals surface area contributed by atoms with Gasteiger partial charge in [-0.2, -0.15) is 0 Å². The minimum atomic E-state index is -0.401. The molecular formula is C24H35N3O3S. The summed E-state index contributed by atoms with van der Waals surface area (Å²) in [6.07, 6.45) is 4.81. The van der Waals surface area contributed by atoms with Crippen LogP contribution < -0.4 is 10.6 Å². The van der Waals surface area contributed by atoms with Crippen LogP contribution in [-0.2, 0) is 14.3 Å². The number of thiocarbonyl (C=S) groups is 1. The average molecular weight is 446 g/mol. The number of hydrogen-bond acceptors (Lipinski definition) is 4. The van der Waals surface area contributed by atoms with Crippen LogP contribution in [0.15, 0.2) is 35.5 Å². The molecule has 0 aromatic heterocycles. The normalized spacial score (nSPS) is 16.4. The molecule has 1 atom stereocenters. The first-order valence-electron chi connectivity index (χ1n) is 11.1. The lowest BCUT2D eigenvalue weighted by Crippen LogP contribution is -2.46. The highest BCUT2D eigenvalue weighted by molar-refractivity contribution is 7.80. The zero-order valence-corrected chi connectivity index (χ0v) is 20.1. The molecule has 0 radical (unpaired) electrons. The number of nitrogens with zero attached hydrogens (tertiary/aromatic N) is 1. The summed E-state index contributed by atoms with van der Waals surface area (Å²) < 4.78 is 5.52. The SMILES string of the molecule is CCCCCCC(=O)Nc1ccc(C2NC(=S)N(C)C(C)=C2C(=O)OCC(C)C)cc1. The Bertz CT molecular complexity index is 818. The lowest BCUT2D eigenvalue weighted by atomic mass is 9.95. The molecular weight excluding hydrogens is 410 g/mol. The van der Waals surface area contributed by atoms with Gasteiger partial charge >= 0.3 is 5.97 Å². The summed E-state index contributed by atoms with van der Waals surface area (Å²) in [4.78, 5) is 26.8. The quantitative estimate of drug-likeness (QED) is 0.302. The molecule has 1 aliphatic rings. The predicted octanol–water partition coefficient (Wildman–Crippen LogP) is 4.93. The third-order valence-corrected chi connectivity index (χ3v) is 5.70. The second-order valence-electron chi connectivity index (χ2n) is 8.41. The van der Waals surface area contributed by atoms with Crippen molar-refractivity contribution >= 4 is 34.9 Å². The van der Waals surface area contributed by atoms with E-state index in [1.807, 2.05) is 52.1 Å². The van der Waals surface area contributed by atoms with Crippen molar-refractivity contribution in [2.45, 2.75) is 65.8 Å². The third kappa shape index (κ3) is 7.06. The summed E-state index contributed by atoms with van der Waals surface area (Å²) in [6.45, 7) is 8.39. The van der Waals surface area contributed by atoms with Gasteiger partial charge < -0.3 is 20.3 Å². The Kier molecular flexibility index (Phi) is 9.49. The number of ether oxygens (including phenoxy) is 1. The zero-order valence-electron chi connectivity index (χ0n) is 19.3. The number of allylic oxidation sites excluding steroid dienone is 1. The first-order valence-corrected chi connectivity index (χ1v) is 11.5. The Hall–Kier alpha value is -2.41. The van der Waals surface area contributed by atoms with E-state index in [2.05, 4.69) is 17.6 Å². The fraction of sp³-hybridized carbons (Fsp3) is 0.542.